The van der Waals surface area contributed by atoms with Crippen LogP contribution in [-0.2, 0) is 0 Å². The van der Waals surface area contributed by atoms with E-state index in [1.54, 1.807) is 0 Å². The Hall–Kier alpha value is 1.96. The molecule has 0 N–H and O–H groups in total. The SMILES string of the molecule is [Cl][Ge]([Cl])[Cl].[GeH3]. The molecule has 0 aromatic carbocycles. The first-order chi connectivity index (χ1) is 1.73. The van der Waals surface area contributed by atoms with Gasteiger partial charge in [-0.15, -0.1) is 0 Å². The zero-order chi connectivity index (χ0) is 3.58. The molecule has 0 aliphatic heterocycles. The van der Waals surface area contributed by atoms with E-state index < -0.39 is 11.6 Å². The van der Waals surface area contributed by atoms with Crippen LogP contribution in [0.1, 0.15) is 0 Å². The molecule has 32 valence electrons. The molecule has 0 atom stereocenters. The van der Waals surface area contributed by atoms with E-state index in [0.29, 0.717) is 0 Å². The van der Waals surface area contributed by atoms with Gasteiger partial charge in [0.15, 0.2) is 0 Å². The van der Waals surface area contributed by atoms with Crippen molar-refractivity contribution < 1.29 is 0 Å². The van der Waals surface area contributed by atoms with Crippen molar-refractivity contribution in [1.29, 1.82) is 0 Å². The van der Waals surface area contributed by atoms with Gasteiger partial charge >= 0.3 is 59.2 Å². The summed E-state index contributed by atoms with van der Waals surface area (Å²) >= 11 is -1.92. The Balaban J connectivity index is 0. The van der Waals surface area contributed by atoms with Crippen molar-refractivity contribution in [2.24, 2.45) is 0 Å². The Bertz CT molecular complexity index is 9.61. The third-order valence-corrected chi connectivity index (χ3v) is 0. The summed E-state index contributed by atoms with van der Waals surface area (Å²) < 4.78 is 0. The monoisotopic (exact) mass is 256 g/mol. The van der Waals surface area contributed by atoms with Gasteiger partial charge < -0.3 is 0 Å². The van der Waals surface area contributed by atoms with E-state index in [1.807, 2.05) is 0 Å². The predicted molar refractivity (Wildman–Crippen MR) is 33.3 cm³/mol. The van der Waals surface area contributed by atoms with Crippen molar-refractivity contribution in [3.05, 3.63) is 0 Å². The van der Waals surface area contributed by atoms with Crippen LogP contribution in [0.5, 0.6) is 0 Å². The Labute approximate surface area is 58.8 Å². The van der Waals surface area contributed by atoms with Crippen molar-refractivity contribution in [3.8, 4) is 0 Å². The first kappa shape index (κ1) is 10.0. The molecular weight excluding hydrogens is 252 g/mol. The minimum absolute atomic E-state index is 0. The Morgan fingerprint density at radius 3 is 1.00 bits per heavy atom. The number of hydrogen-bond acceptors (Lipinski definition) is 0. The number of rotatable bonds is 0. The molecule has 0 aliphatic carbocycles. The molecule has 0 amide bonds. The van der Waals surface area contributed by atoms with E-state index in [1.165, 1.54) is 0 Å². The van der Waals surface area contributed by atoms with Gasteiger partial charge in [0.05, 0.1) is 0 Å². The molecule has 0 aromatic rings. The molecule has 2 radical (unpaired) electrons. The van der Waals surface area contributed by atoms with E-state index in [2.05, 4.69) is 0 Å². The van der Waals surface area contributed by atoms with Crippen LogP contribution in [-0.4, -0.2) is 29.2 Å². The summed E-state index contributed by atoms with van der Waals surface area (Å²) in [6.07, 6.45) is 0. The van der Waals surface area contributed by atoms with Crippen LogP contribution in [0.15, 0.2) is 0 Å². The van der Waals surface area contributed by atoms with Crippen molar-refractivity contribution in [3.63, 3.8) is 0 Å². The molecule has 0 bridgehead atoms. The predicted octanol–water partition coefficient (Wildman–Crippen LogP) is 0.504. The second-order valence-electron chi connectivity index (χ2n) is 0.214. The number of halogens is 3. The zero-order valence-electron chi connectivity index (χ0n) is 2.63. The molecule has 5 heavy (non-hydrogen) atoms. The second kappa shape index (κ2) is 5.96. The average molecular weight is 255 g/mol. The van der Waals surface area contributed by atoms with Crippen molar-refractivity contribution >= 4 is 59.2 Å². The van der Waals surface area contributed by atoms with Gasteiger partial charge in [-0.3, -0.25) is 0 Å². The molecule has 0 heterocycles. The maximum atomic E-state index is 4.97. The Kier molecular flexibility index (Phi) is 12.0. The van der Waals surface area contributed by atoms with Gasteiger partial charge in [0.25, 0.3) is 0 Å². The van der Waals surface area contributed by atoms with E-state index >= 15 is 0 Å². The van der Waals surface area contributed by atoms with Crippen LogP contribution in [0.2, 0.25) is 0 Å². The molecule has 0 saturated carbocycles. The van der Waals surface area contributed by atoms with E-state index in [9.17, 15) is 0 Å². The Morgan fingerprint density at radius 1 is 1.00 bits per heavy atom. The van der Waals surface area contributed by atoms with Crippen LogP contribution >= 0.6 is 30.0 Å². The van der Waals surface area contributed by atoms with E-state index in [-0.39, 0.29) is 17.6 Å². The van der Waals surface area contributed by atoms with Gasteiger partial charge in [0.2, 0.25) is 0 Å². The summed E-state index contributed by atoms with van der Waals surface area (Å²) in [5, 5.41) is 0. The summed E-state index contributed by atoms with van der Waals surface area (Å²) in [6.45, 7) is 0. The van der Waals surface area contributed by atoms with Crippen LogP contribution in [0.4, 0.5) is 0 Å². The second-order valence-corrected chi connectivity index (χ2v) is 10.0. The van der Waals surface area contributed by atoms with E-state index in [0.717, 1.165) is 0 Å². The Morgan fingerprint density at radius 2 is 1.00 bits per heavy atom. The summed E-state index contributed by atoms with van der Waals surface area (Å²) in [6, 6.07) is 0. The third-order valence-electron chi connectivity index (χ3n) is 0. The van der Waals surface area contributed by atoms with Crippen LogP contribution in [0.25, 0.3) is 0 Å². The first-order valence-electron chi connectivity index (χ1n) is 0.567. The molecular formula is H3Cl3Ge2. The van der Waals surface area contributed by atoms with Gasteiger partial charge in [0, 0.05) is 0 Å². The molecule has 0 unspecified atom stereocenters. The molecule has 0 aliphatic rings. The quantitative estimate of drug-likeness (QED) is 0.553. The van der Waals surface area contributed by atoms with Crippen LogP contribution < -0.4 is 0 Å². The maximum absolute atomic E-state index is 4.97. The molecule has 5 heteroatoms. The fraction of sp³-hybridized carbons (Fsp3) is 0. The summed E-state index contributed by atoms with van der Waals surface area (Å²) in [5.74, 6) is 0. The summed E-state index contributed by atoms with van der Waals surface area (Å²) in [7, 11) is 14.9. The van der Waals surface area contributed by atoms with Gasteiger partial charge in [-0.2, -0.15) is 0 Å². The summed E-state index contributed by atoms with van der Waals surface area (Å²) in [5.41, 5.74) is 0. The molecule has 0 aromatic heterocycles. The van der Waals surface area contributed by atoms with Gasteiger partial charge in [0.1, 0.15) is 0 Å². The average Bonchev–Trinajstić information content (AvgIpc) is 0.811. The standard InChI is InChI=1S/Cl3Ge.GeH3/c1-4(2)3;/h;1H3. The van der Waals surface area contributed by atoms with Crippen molar-refractivity contribution in [1.82, 2.24) is 0 Å². The summed E-state index contributed by atoms with van der Waals surface area (Å²) in [4.78, 5) is 0. The van der Waals surface area contributed by atoms with Gasteiger partial charge in [-0.25, -0.2) is 0 Å². The van der Waals surface area contributed by atoms with Crippen molar-refractivity contribution in [2.45, 2.75) is 0 Å². The molecule has 0 spiro atoms. The molecule has 0 saturated heterocycles. The molecule has 0 fully saturated rings. The van der Waals surface area contributed by atoms with E-state index in [4.69, 9.17) is 30.0 Å². The fourth-order valence-electron chi connectivity index (χ4n) is 0. The number of hydrogen-bond donors (Lipinski definition) is 0. The topological polar surface area (TPSA) is 0 Å². The zero-order valence-corrected chi connectivity index (χ0v) is 11.2. The first-order valence-corrected chi connectivity index (χ1v) is 8.84. The molecule has 0 rings (SSSR count). The normalized spacial score (nSPS) is 7.20. The van der Waals surface area contributed by atoms with Crippen LogP contribution in [0.3, 0.4) is 0 Å². The van der Waals surface area contributed by atoms with Crippen LogP contribution in [0, 0.1) is 0 Å². The van der Waals surface area contributed by atoms with Gasteiger partial charge in [-0.05, 0) is 0 Å². The third kappa shape index (κ3) is 24.4. The minimum atomic E-state index is -1.92. The molecule has 0 nitrogen and oxygen atoms in total. The van der Waals surface area contributed by atoms with Crippen molar-refractivity contribution in [2.75, 3.05) is 0 Å². The van der Waals surface area contributed by atoms with Gasteiger partial charge in [-0.1, -0.05) is 0 Å². The fourth-order valence-corrected chi connectivity index (χ4v) is 0.